The van der Waals surface area contributed by atoms with Gasteiger partial charge in [-0.3, -0.25) is 14.3 Å². The van der Waals surface area contributed by atoms with Gasteiger partial charge in [-0.1, -0.05) is 19.1 Å². The van der Waals surface area contributed by atoms with Crippen molar-refractivity contribution in [2.24, 2.45) is 7.05 Å². The molecule has 2 heterocycles. The van der Waals surface area contributed by atoms with Crippen LogP contribution in [0.15, 0.2) is 46.1 Å². The molecule has 25 heavy (non-hydrogen) atoms. The Morgan fingerprint density at radius 3 is 2.68 bits per heavy atom. The minimum absolute atomic E-state index is 0.0409. The largest absolute Gasteiger partial charge is 0.507 e. The lowest BCUT2D eigenvalue weighted by Crippen LogP contribution is -2.22. The fraction of sp³-hybridized carbons (Fsp3) is 0.211. The first kappa shape index (κ1) is 16.7. The van der Waals surface area contributed by atoms with Gasteiger partial charge in [0.15, 0.2) is 0 Å². The fourth-order valence-corrected chi connectivity index (χ4v) is 3.00. The molecule has 0 bridgehead atoms. The maximum Gasteiger partial charge on any atom is 0.346 e. The zero-order valence-electron chi connectivity index (χ0n) is 14.3. The number of aromatic nitrogens is 3. The molecule has 1 aromatic carbocycles. The van der Waals surface area contributed by atoms with E-state index in [0.29, 0.717) is 22.2 Å². The van der Waals surface area contributed by atoms with Crippen molar-refractivity contribution in [3.8, 4) is 16.9 Å². The van der Waals surface area contributed by atoms with E-state index in [4.69, 9.17) is 0 Å². The molecular formula is C19H19N3O3. The third-order valence-corrected chi connectivity index (χ3v) is 4.38. The molecule has 0 unspecified atom stereocenters. The van der Waals surface area contributed by atoms with Gasteiger partial charge < -0.3 is 5.11 Å². The van der Waals surface area contributed by atoms with Gasteiger partial charge in [0.05, 0.1) is 5.56 Å². The number of nitrogens with one attached hydrogen (secondary N) is 1. The molecule has 0 radical (unpaired) electrons. The van der Waals surface area contributed by atoms with E-state index in [1.54, 1.807) is 25.2 Å². The Balaban J connectivity index is 2.23. The van der Waals surface area contributed by atoms with Crippen LogP contribution < -0.4 is 11.2 Å². The molecule has 2 N–H and O–H groups in total. The number of benzene rings is 1. The summed E-state index contributed by atoms with van der Waals surface area (Å²) in [7, 11) is 1.57. The van der Waals surface area contributed by atoms with Crippen LogP contribution in [0.3, 0.4) is 0 Å². The highest BCUT2D eigenvalue weighted by molar-refractivity contribution is 5.83. The molecule has 2 aromatic heterocycles. The molecule has 3 aromatic rings. The van der Waals surface area contributed by atoms with Crippen molar-refractivity contribution < 1.29 is 5.11 Å². The molecule has 0 aliphatic rings. The second-order valence-corrected chi connectivity index (χ2v) is 5.81. The second kappa shape index (κ2) is 6.39. The Bertz CT molecular complexity index is 1110. The van der Waals surface area contributed by atoms with Crippen molar-refractivity contribution in [2.45, 2.75) is 20.3 Å². The topological polar surface area (TPSA) is 88.0 Å². The summed E-state index contributed by atoms with van der Waals surface area (Å²) in [6, 6.07) is 6.93. The number of allylic oxidation sites excluding steroid dienone is 2. The van der Waals surface area contributed by atoms with Crippen molar-refractivity contribution in [1.82, 2.24) is 14.5 Å². The van der Waals surface area contributed by atoms with Gasteiger partial charge in [-0.15, -0.1) is 0 Å². The van der Waals surface area contributed by atoms with Gasteiger partial charge in [0.1, 0.15) is 11.4 Å². The Kier molecular flexibility index (Phi) is 4.27. The number of hydrogen-bond acceptors (Lipinski definition) is 4. The average Bonchev–Trinajstić information content (AvgIpc) is 2.60. The number of H-pyrrole nitrogens is 1. The number of aryl methyl sites for hydroxylation is 1. The normalized spacial score (nSPS) is 11.9. The van der Waals surface area contributed by atoms with Gasteiger partial charge in [0, 0.05) is 24.2 Å². The first-order valence-corrected chi connectivity index (χ1v) is 8.04. The molecule has 0 spiro atoms. The third-order valence-electron chi connectivity index (χ3n) is 4.38. The number of aromatic hydroxyl groups is 1. The quantitative estimate of drug-likeness (QED) is 0.769. The summed E-state index contributed by atoms with van der Waals surface area (Å²) in [5.74, 6) is 0.0409. The van der Waals surface area contributed by atoms with Crippen LogP contribution in [-0.2, 0) is 7.05 Å². The minimum Gasteiger partial charge on any atom is -0.507 e. The zero-order valence-corrected chi connectivity index (χ0v) is 14.3. The minimum atomic E-state index is -0.513. The van der Waals surface area contributed by atoms with E-state index in [9.17, 15) is 14.7 Å². The average molecular weight is 337 g/mol. The van der Waals surface area contributed by atoms with Crippen LogP contribution >= 0.6 is 0 Å². The van der Waals surface area contributed by atoms with Crippen LogP contribution in [-0.4, -0.2) is 19.6 Å². The van der Waals surface area contributed by atoms with Crippen LogP contribution in [0, 0.1) is 0 Å². The lowest BCUT2D eigenvalue weighted by atomic mass is 9.98. The van der Waals surface area contributed by atoms with E-state index in [0.717, 1.165) is 17.6 Å². The fourth-order valence-electron chi connectivity index (χ4n) is 3.00. The molecule has 0 atom stereocenters. The van der Waals surface area contributed by atoms with E-state index in [2.05, 4.69) is 9.97 Å². The molecular weight excluding hydrogens is 318 g/mol. The summed E-state index contributed by atoms with van der Waals surface area (Å²) >= 11 is 0. The summed E-state index contributed by atoms with van der Waals surface area (Å²) < 4.78 is 1.35. The van der Waals surface area contributed by atoms with E-state index >= 15 is 0 Å². The number of phenols is 1. The lowest BCUT2D eigenvalue weighted by molar-refractivity contribution is 0.477. The van der Waals surface area contributed by atoms with Crippen LogP contribution in [0.5, 0.6) is 5.75 Å². The van der Waals surface area contributed by atoms with Gasteiger partial charge in [0.2, 0.25) is 0 Å². The monoisotopic (exact) mass is 337 g/mol. The van der Waals surface area contributed by atoms with Gasteiger partial charge in [-0.05, 0) is 42.7 Å². The SMILES string of the molecule is C/C=C(\CC)c1ccc(-c2cc3cnc(=O)[nH]c3n(C)c2=O)c(O)c1. The number of pyridine rings is 1. The standard InChI is InChI=1S/C19H19N3O3/c1-4-11(5-2)12-6-7-14(16(23)9-12)15-8-13-10-20-19(25)21-17(13)22(3)18(15)24/h4,6-10,23H,5H2,1-3H3,(H,20,21,25)/b11-4+. The molecule has 3 rings (SSSR count). The zero-order chi connectivity index (χ0) is 18.1. The maximum absolute atomic E-state index is 12.7. The van der Waals surface area contributed by atoms with Crippen LogP contribution in [0.2, 0.25) is 0 Å². The molecule has 0 aliphatic carbocycles. The summed E-state index contributed by atoms with van der Waals surface area (Å²) in [5.41, 5.74) is 2.42. The molecule has 6 nitrogen and oxygen atoms in total. The van der Waals surface area contributed by atoms with Crippen molar-refractivity contribution in [3.63, 3.8) is 0 Å². The molecule has 128 valence electrons. The van der Waals surface area contributed by atoms with Crippen molar-refractivity contribution in [1.29, 1.82) is 0 Å². The Morgan fingerprint density at radius 1 is 1.28 bits per heavy atom. The second-order valence-electron chi connectivity index (χ2n) is 5.81. The lowest BCUT2D eigenvalue weighted by Gasteiger charge is -2.11. The first-order chi connectivity index (χ1) is 12.0. The van der Waals surface area contributed by atoms with Crippen molar-refractivity contribution in [2.75, 3.05) is 0 Å². The Labute approximate surface area is 144 Å². The number of phenolic OH excluding ortho intramolecular Hbond substituents is 1. The van der Waals surface area contributed by atoms with Gasteiger partial charge in [-0.2, -0.15) is 0 Å². The van der Waals surface area contributed by atoms with Crippen LogP contribution in [0.1, 0.15) is 25.8 Å². The molecule has 0 saturated heterocycles. The summed E-state index contributed by atoms with van der Waals surface area (Å²) in [6.07, 6.45) is 4.27. The van der Waals surface area contributed by atoms with E-state index in [-0.39, 0.29) is 11.3 Å². The number of aromatic amines is 1. The molecule has 0 aliphatic heterocycles. The number of fused-ring (bicyclic) bond motifs is 1. The molecule has 0 fully saturated rings. The van der Waals surface area contributed by atoms with E-state index in [1.807, 2.05) is 26.0 Å². The highest BCUT2D eigenvalue weighted by Gasteiger charge is 2.14. The predicted molar refractivity (Wildman–Crippen MR) is 98.6 cm³/mol. The maximum atomic E-state index is 12.7. The first-order valence-electron chi connectivity index (χ1n) is 8.04. The van der Waals surface area contributed by atoms with E-state index in [1.165, 1.54) is 10.8 Å². The van der Waals surface area contributed by atoms with E-state index < -0.39 is 5.69 Å². The Morgan fingerprint density at radius 2 is 2.04 bits per heavy atom. The molecule has 6 heteroatoms. The van der Waals surface area contributed by atoms with Crippen LogP contribution in [0.4, 0.5) is 0 Å². The predicted octanol–water partition coefficient (Wildman–Crippen LogP) is 2.81. The highest BCUT2D eigenvalue weighted by Crippen LogP contribution is 2.31. The highest BCUT2D eigenvalue weighted by atomic mass is 16.3. The molecule has 0 saturated carbocycles. The third kappa shape index (κ3) is 2.87. The number of hydrogen-bond donors (Lipinski definition) is 2. The summed E-state index contributed by atoms with van der Waals surface area (Å²) in [4.78, 5) is 30.3. The molecule has 0 amide bonds. The summed E-state index contributed by atoms with van der Waals surface area (Å²) in [5, 5.41) is 11.1. The van der Waals surface area contributed by atoms with Gasteiger partial charge in [-0.25, -0.2) is 9.78 Å². The van der Waals surface area contributed by atoms with Crippen LogP contribution in [0.25, 0.3) is 27.7 Å². The summed E-state index contributed by atoms with van der Waals surface area (Å²) in [6.45, 7) is 4.00. The van der Waals surface area contributed by atoms with Gasteiger partial charge in [0.25, 0.3) is 5.56 Å². The van der Waals surface area contributed by atoms with Crippen molar-refractivity contribution >= 4 is 16.6 Å². The number of nitrogens with zero attached hydrogens (tertiary/aromatic N) is 2. The number of rotatable bonds is 3. The Hall–Kier alpha value is -3.15. The van der Waals surface area contributed by atoms with Gasteiger partial charge >= 0.3 is 5.69 Å². The smallest absolute Gasteiger partial charge is 0.346 e. The van der Waals surface area contributed by atoms with Crippen molar-refractivity contribution in [3.05, 3.63) is 62.9 Å².